The Bertz CT molecular complexity index is 1770. The Balaban J connectivity index is 1.35. The molecule has 0 saturated carbocycles. The first-order valence-corrected chi connectivity index (χ1v) is 10.8. The Morgan fingerprint density at radius 1 is 1.09 bits per heavy atom. The average molecular weight is 447 g/mol. The van der Waals surface area contributed by atoms with Crippen LogP contribution in [0.15, 0.2) is 78.1 Å². The normalized spacial score (nSPS) is 14.4. The van der Waals surface area contributed by atoms with E-state index in [9.17, 15) is 9.59 Å². The molecule has 7 rings (SSSR count). The van der Waals surface area contributed by atoms with Gasteiger partial charge in [0.1, 0.15) is 11.5 Å². The zero-order valence-electron chi connectivity index (χ0n) is 17.7. The van der Waals surface area contributed by atoms with Gasteiger partial charge in [0.15, 0.2) is 0 Å². The minimum atomic E-state index is -0.378. The van der Waals surface area contributed by atoms with Gasteiger partial charge in [0.25, 0.3) is 5.91 Å². The van der Waals surface area contributed by atoms with Crippen LogP contribution in [0.4, 0.5) is 0 Å². The summed E-state index contributed by atoms with van der Waals surface area (Å²) in [5.41, 5.74) is 5.97. The molecule has 1 atom stereocenters. The molecule has 4 N–H and O–H groups in total. The van der Waals surface area contributed by atoms with Crippen LogP contribution in [-0.2, 0) is 0 Å². The molecule has 1 aliphatic heterocycles. The molecule has 0 bridgehead atoms. The van der Waals surface area contributed by atoms with Gasteiger partial charge in [-0.25, -0.2) is 4.98 Å². The maximum absolute atomic E-state index is 13.4. The summed E-state index contributed by atoms with van der Waals surface area (Å²) in [6, 6.07) is 14.5. The van der Waals surface area contributed by atoms with E-state index in [1.807, 2.05) is 42.6 Å². The van der Waals surface area contributed by atoms with Crippen LogP contribution in [0, 0.1) is 0 Å². The van der Waals surface area contributed by atoms with Gasteiger partial charge < -0.3 is 24.8 Å². The molecule has 9 nitrogen and oxygen atoms in total. The number of carbonyl (C=O) groups excluding carboxylic acids is 1. The Morgan fingerprint density at radius 2 is 2.03 bits per heavy atom. The van der Waals surface area contributed by atoms with Crippen molar-refractivity contribution >= 4 is 28.0 Å². The van der Waals surface area contributed by atoms with Crippen molar-refractivity contribution in [3.63, 3.8) is 0 Å². The minimum absolute atomic E-state index is 0.318. The largest absolute Gasteiger partial charge is 0.348 e. The number of para-hydroxylation sites is 1. The van der Waals surface area contributed by atoms with Crippen LogP contribution < -0.4 is 10.9 Å². The van der Waals surface area contributed by atoms with Crippen LogP contribution in [0.3, 0.4) is 0 Å². The Kier molecular flexibility index (Phi) is 3.72. The van der Waals surface area contributed by atoms with Gasteiger partial charge in [-0.3, -0.25) is 14.6 Å². The molecule has 0 saturated heterocycles. The number of amides is 1. The van der Waals surface area contributed by atoms with Gasteiger partial charge in [0.2, 0.25) is 5.56 Å². The first-order valence-electron chi connectivity index (χ1n) is 10.8. The van der Waals surface area contributed by atoms with Crippen LogP contribution in [0.1, 0.15) is 27.7 Å². The van der Waals surface area contributed by atoms with Gasteiger partial charge in [0, 0.05) is 46.9 Å². The number of aromatic amines is 3. The molecule has 9 heteroatoms. The SMILES string of the molecule is O=C(NC1c2cccc(-c3nc4ccncc4[nH]3)c2-n2cccc21)c1cc(=O)[nH]c2[nH]ccc12. The predicted octanol–water partition coefficient (Wildman–Crippen LogP) is 3.42. The second-order valence-electron chi connectivity index (χ2n) is 8.24. The fraction of sp³-hybridized carbons (Fsp3) is 0.0400. The maximum Gasteiger partial charge on any atom is 0.253 e. The average Bonchev–Trinajstić information content (AvgIpc) is 3.62. The van der Waals surface area contributed by atoms with E-state index in [0.717, 1.165) is 39.4 Å². The number of hydrogen-bond donors (Lipinski definition) is 4. The highest BCUT2D eigenvalue weighted by molar-refractivity contribution is 6.05. The predicted molar refractivity (Wildman–Crippen MR) is 127 cm³/mol. The third-order valence-corrected chi connectivity index (χ3v) is 6.31. The summed E-state index contributed by atoms with van der Waals surface area (Å²) in [4.78, 5) is 43.4. The summed E-state index contributed by atoms with van der Waals surface area (Å²) >= 11 is 0. The molecule has 1 aromatic carbocycles. The minimum Gasteiger partial charge on any atom is -0.348 e. The van der Waals surface area contributed by atoms with Crippen molar-refractivity contribution in [1.82, 2.24) is 34.8 Å². The topological polar surface area (TPSA) is 124 Å². The number of rotatable bonds is 3. The molecule has 0 spiro atoms. The first kappa shape index (κ1) is 18.6. The molecule has 0 aliphatic carbocycles. The van der Waals surface area contributed by atoms with Gasteiger partial charge in [-0.15, -0.1) is 0 Å². The summed E-state index contributed by atoms with van der Waals surface area (Å²) < 4.78 is 2.07. The molecule has 34 heavy (non-hydrogen) atoms. The Morgan fingerprint density at radius 3 is 2.94 bits per heavy atom. The van der Waals surface area contributed by atoms with Gasteiger partial charge in [-0.05, 0) is 30.3 Å². The van der Waals surface area contributed by atoms with Crippen molar-refractivity contribution < 1.29 is 4.79 Å². The number of aromatic nitrogens is 6. The summed E-state index contributed by atoms with van der Waals surface area (Å²) in [6.45, 7) is 0. The molecule has 1 aliphatic rings. The van der Waals surface area contributed by atoms with Crippen LogP contribution in [0.25, 0.3) is 39.1 Å². The fourth-order valence-electron chi connectivity index (χ4n) is 4.84. The van der Waals surface area contributed by atoms with Crippen molar-refractivity contribution in [2.45, 2.75) is 6.04 Å². The van der Waals surface area contributed by atoms with Crippen LogP contribution in [0.2, 0.25) is 0 Å². The highest BCUT2D eigenvalue weighted by atomic mass is 16.2. The lowest BCUT2D eigenvalue weighted by atomic mass is 10.0. The summed E-state index contributed by atoms with van der Waals surface area (Å²) in [6.07, 6.45) is 7.14. The summed E-state index contributed by atoms with van der Waals surface area (Å²) in [5, 5.41) is 3.80. The lowest BCUT2D eigenvalue weighted by Crippen LogP contribution is -2.29. The van der Waals surface area contributed by atoms with E-state index in [4.69, 9.17) is 4.98 Å². The molecular formula is C25H17N7O2. The quantitative estimate of drug-likeness (QED) is 0.332. The first-order chi connectivity index (χ1) is 16.7. The molecule has 0 fully saturated rings. The van der Waals surface area contributed by atoms with Crippen molar-refractivity contribution in [2.24, 2.45) is 0 Å². The number of fused-ring (bicyclic) bond motifs is 5. The van der Waals surface area contributed by atoms with E-state index in [1.54, 1.807) is 24.7 Å². The zero-order valence-corrected chi connectivity index (χ0v) is 17.7. The molecule has 6 heterocycles. The monoisotopic (exact) mass is 447 g/mol. The molecule has 1 amide bonds. The molecule has 164 valence electrons. The maximum atomic E-state index is 13.4. The third-order valence-electron chi connectivity index (χ3n) is 6.31. The number of H-pyrrole nitrogens is 3. The smallest absolute Gasteiger partial charge is 0.253 e. The molecule has 0 radical (unpaired) electrons. The molecular weight excluding hydrogens is 430 g/mol. The van der Waals surface area contributed by atoms with Gasteiger partial charge in [0.05, 0.1) is 34.5 Å². The number of nitrogens with zero attached hydrogens (tertiary/aromatic N) is 3. The van der Waals surface area contributed by atoms with Crippen molar-refractivity contribution in [3.05, 3.63) is 100 Å². The molecule has 5 aromatic heterocycles. The summed E-state index contributed by atoms with van der Waals surface area (Å²) in [5.74, 6) is 0.414. The van der Waals surface area contributed by atoms with E-state index in [0.29, 0.717) is 16.6 Å². The number of hydrogen-bond acceptors (Lipinski definition) is 4. The second-order valence-corrected chi connectivity index (χ2v) is 8.24. The van der Waals surface area contributed by atoms with Crippen LogP contribution >= 0.6 is 0 Å². The highest BCUT2D eigenvalue weighted by Crippen LogP contribution is 2.41. The lowest BCUT2D eigenvalue weighted by Gasteiger charge is -2.15. The number of imidazole rings is 1. The fourth-order valence-corrected chi connectivity index (χ4v) is 4.84. The lowest BCUT2D eigenvalue weighted by molar-refractivity contribution is 0.0944. The van der Waals surface area contributed by atoms with Crippen molar-refractivity contribution in [3.8, 4) is 17.1 Å². The van der Waals surface area contributed by atoms with Crippen molar-refractivity contribution in [1.29, 1.82) is 0 Å². The van der Waals surface area contributed by atoms with E-state index >= 15 is 0 Å². The van der Waals surface area contributed by atoms with E-state index in [-0.39, 0.29) is 17.5 Å². The Labute approximate surface area is 191 Å². The van der Waals surface area contributed by atoms with Gasteiger partial charge >= 0.3 is 0 Å². The van der Waals surface area contributed by atoms with Crippen LogP contribution in [0.5, 0.6) is 0 Å². The number of benzene rings is 1. The van der Waals surface area contributed by atoms with Gasteiger partial charge in [-0.2, -0.15) is 0 Å². The number of nitrogens with one attached hydrogen (secondary N) is 4. The van der Waals surface area contributed by atoms with Gasteiger partial charge in [-0.1, -0.05) is 12.1 Å². The van der Waals surface area contributed by atoms with E-state index in [1.165, 1.54) is 6.07 Å². The zero-order chi connectivity index (χ0) is 22.8. The van der Waals surface area contributed by atoms with Crippen molar-refractivity contribution in [2.75, 3.05) is 0 Å². The van der Waals surface area contributed by atoms with Crippen LogP contribution in [-0.4, -0.2) is 35.4 Å². The summed E-state index contributed by atoms with van der Waals surface area (Å²) in [7, 11) is 0. The molecule has 6 aromatic rings. The highest BCUT2D eigenvalue weighted by Gasteiger charge is 2.33. The Hall–Kier alpha value is -4.92. The van der Waals surface area contributed by atoms with E-state index in [2.05, 4.69) is 29.8 Å². The third kappa shape index (κ3) is 2.61. The number of carbonyl (C=O) groups is 1. The second kappa shape index (κ2) is 6.79. The van der Waals surface area contributed by atoms with E-state index < -0.39 is 0 Å². The molecule has 1 unspecified atom stereocenters. The number of pyridine rings is 2. The standard InChI is InChI=1S/C25H17N7O2/c33-20-11-16(13-6-9-27-23(13)30-20)25(34)31-21-14-3-1-4-15(22(14)32-10-2-5-19(21)32)24-28-17-7-8-26-12-18(17)29-24/h1-12,21H,(H,28,29)(H,31,34)(H2,27,30,33).